The second kappa shape index (κ2) is 6.99. The normalized spacial score (nSPS) is 10.9. The molecule has 6 nitrogen and oxygen atoms in total. The molecule has 2 amide bonds. The number of ether oxygens (including phenoxy) is 2. The number of hydrogen-bond donors (Lipinski definition) is 0. The highest BCUT2D eigenvalue weighted by Crippen LogP contribution is 1.91. The van der Waals surface area contributed by atoms with Gasteiger partial charge in [-0.2, -0.15) is 4.79 Å². The second-order valence-corrected chi connectivity index (χ2v) is 2.21. The van der Waals surface area contributed by atoms with Gasteiger partial charge in [-0.25, -0.2) is 4.79 Å². The molecule has 0 aliphatic rings. The number of amides is 2. The fourth-order valence-electron chi connectivity index (χ4n) is 0.690. The summed E-state index contributed by atoms with van der Waals surface area (Å²) in [7, 11) is 0. The van der Waals surface area contributed by atoms with E-state index in [1.54, 1.807) is 20.8 Å². The lowest BCUT2D eigenvalue weighted by molar-refractivity contribution is -0.506. The molecule has 0 aliphatic heterocycles. The standard InChI is InChI=1S/C8H15N2O4/c1-4-10(8(12)14-6-3)9-7(11)13-5-2/h4-6H2,1-3H3/q+1. The third-order valence-corrected chi connectivity index (χ3v) is 1.25. The largest absolute Gasteiger partial charge is 0.622 e. The van der Waals surface area contributed by atoms with E-state index in [0.29, 0.717) is 0 Å². The Morgan fingerprint density at radius 3 is 2.14 bits per heavy atom. The first kappa shape index (κ1) is 12.5. The first-order valence-corrected chi connectivity index (χ1v) is 4.48. The minimum Gasteiger partial charge on any atom is -0.445 e. The highest BCUT2D eigenvalue weighted by atomic mass is 16.6. The summed E-state index contributed by atoms with van der Waals surface area (Å²) in [6, 6.07) is 0. The van der Waals surface area contributed by atoms with Gasteiger partial charge in [-0.15, -0.1) is 0 Å². The van der Waals surface area contributed by atoms with Gasteiger partial charge in [0.05, 0.1) is 18.3 Å². The van der Waals surface area contributed by atoms with Crippen molar-refractivity contribution in [3.05, 3.63) is 0 Å². The molecular formula is C8H15N2O4+. The Morgan fingerprint density at radius 2 is 1.71 bits per heavy atom. The molecule has 0 radical (unpaired) electrons. The molecule has 0 fully saturated rings. The molecular weight excluding hydrogens is 188 g/mol. The van der Waals surface area contributed by atoms with Crippen molar-refractivity contribution in [2.45, 2.75) is 20.8 Å². The summed E-state index contributed by atoms with van der Waals surface area (Å²) in [6.07, 6.45) is -1.44. The molecule has 6 heteroatoms. The molecule has 0 atom stereocenters. The lowest BCUT2D eigenvalue weighted by Crippen LogP contribution is -2.22. The van der Waals surface area contributed by atoms with E-state index in [2.05, 4.69) is 14.6 Å². The van der Waals surface area contributed by atoms with Crippen molar-refractivity contribution >= 4 is 12.2 Å². The molecule has 0 spiro atoms. The van der Waals surface area contributed by atoms with Crippen LogP contribution in [0.5, 0.6) is 0 Å². The number of carbonyl (C=O) groups is 2. The molecule has 0 aliphatic carbocycles. The van der Waals surface area contributed by atoms with Gasteiger partial charge in [0.1, 0.15) is 0 Å². The topological polar surface area (TPSA) is 68.0 Å². The maximum Gasteiger partial charge on any atom is 0.622 e. The van der Waals surface area contributed by atoms with E-state index in [4.69, 9.17) is 0 Å². The predicted octanol–water partition coefficient (Wildman–Crippen LogP) is 1.78. The molecule has 0 saturated carbocycles. The highest BCUT2D eigenvalue weighted by Gasteiger charge is 2.21. The first-order valence-electron chi connectivity index (χ1n) is 4.48. The summed E-state index contributed by atoms with van der Waals surface area (Å²) in [5, 5.41) is 3.40. The Balaban J connectivity index is 4.38. The zero-order valence-corrected chi connectivity index (χ0v) is 8.65. The van der Waals surface area contributed by atoms with Crippen molar-refractivity contribution < 1.29 is 23.8 Å². The van der Waals surface area contributed by atoms with E-state index in [-0.39, 0.29) is 19.8 Å². The number of carbonyl (C=O) groups excluding carboxylic acids is 2. The second-order valence-electron chi connectivity index (χ2n) is 2.21. The van der Waals surface area contributed by atoms with E-state index in [9.17, 15) is 9.59 Å². The molecule has 0 aromatic carbocycles. The van der Waals surface area contributed by atoms with Crippen molar-refractivity contribution in [1.29, 1.82) is 0 Å². The number of rotatable bonds is 3. The van der Waals surface area contributed by atoms with Gasteiger partial charge in [0, 0.05) is 0 Å². The quantitative estimate of drug-likeness (QED) is 0.518. The third-order valence-electron chi connectivity index (χ3n) is 1.25. The smallest absolute Gasteiger partial charge is 0.445 e. The van der Waals surface area contributed by atoms with E-state index >= 15 is 0 Å². The SMILES string of the molecule is CCOC(=O)N=[N+](CC)C(=O)OCC. The predicted molar refractivity (Wildman–Crippen MR) is 47.3 cm³/mol. The average molecular weight is 203 g/mol. The van der Waals surface area contributed by atoms with Crippen LogP contribution in [0, 0.1) is 0 Å². The Labute approximate surface area is 82.5 Å². The van der Waals surface area contributed by atoms with Gasteiger partial charge in [-0.3, -0.25) is 0 Å². The van der Waals surface area contributed by atoms with Gasteiger partial charge in [-0.1, -0.05) is 0 Å². The number of hydrogen-bond acceptors (Lipinski definition) is 4. The molecule has 0 rings (SSSR count). The van der Waals surface area contributed by atoms with Crippen LogP contribution >= 0.6 is 0 Å². The van der Waals surface area contributed by atoms with Gasteiger partial charge in [0.15, 0.2) is 6.54 Å². The summed E-state index contributed by atoms with van der Waals surface area (Å²) >= 11 is 0. The first-order chi connectivity index (χ1) is 6.65. The molecule has 0 N–H and O–H groups in total. The zero-order valence-electron chi connectivity index (χ0n) is 8.65. The molecule has 0 aromatic rings. The summed E-state index contributed by atoms with van der Waals surface area (Å²) in [6.45, 7) is 5.75. The minimum absolute atomic E-state index is 0.225. The molecule has 0 saturated heterocycles. The van der Waals surface area contributed by atoms with Crippen molar-refractivity contribution in [3.8, 4) is 0 Å². The van der Waals surface area contributed by atoms with E-state index in [1.165, 1.54) is 0 Å². The fourth-order valence-corrected chi connectivity index (χ4v) is 0.690. The lowest BCUT2D eigenvalue weighted by atomic mass is 10.7. The van der Waals surface area contributed by atoms with Crippen LogP contribution in [0.25, 0.3) is 0 Å². The van der Waals surface area contributed by atoms with Gasteiger partial charge < -0.3 is 9.47 Å². The van der Waals surface area contributed by atoms with Crippen LogP contribution in [0.4, 0.5) is 9.59 Å². The van der Waals surface area contributed by atoms with Crippen molar-refractivity contribution in [3.63, 3.8) is 0 Å². The Hall–Kier alpha value is -1.46. The lowest BCUT2D eigenvalue weighted by Gasteiger charge is -1.95. The van der Waals surface area contributed by atoms with Gasteiger partial charge in [0.25, 0.3) is 0 Å². The fraction of sp³-hybridized carbons (Fsp3) is 0.750. The van der Waals surface area contributed by atoms with E-state index < -0.39 is 12.2 Å². The third kappa shape index (κ3) is 4.54. The van der Waals surface area contributed by atoms with E-state index in [1.807, 2.05) is 0 Å². The molecule has 0 heterocycles. The van der Waals surface area contributed by atoms with Gasteiger partial charge in [0.2, 0.25) is 0 Å². The van der Waals surface area contributed by atoms with Crippen LogP contribution in [-0.2, 0) is 9.47 Å². The number of azo groups is 2. The number of nitrogens with zero attached hydrogens (tertiary/aromatic N) is 2. The Bertz CT molecular complexity index is 237. The van der Waals surface area contributed by atoms with Gasteiger partial charge in [-0.05, 0) is 25.5 Å². The summed E-state index contributed by atoms with van der Waals surface area (Å²) in [5.41, 5.74) is 0. The zero-order chi connectivity index (χ0) is 11.0. The van der Waals surface area contributed by atoms with Crippen molar-refractivity contribution in [1.82, 2.24) is 0 Å². The molecule has 0 unspecified atom stereocenters. The van der Waals surface area contributed by atoms with Crippen LogP contribution in [0.1, 0.15) is 20.8 Å². The average Bonchev–Trinajstić information content (AvgIpc) is 2.15. The highest BCUT2D eigenvalue weighted by molar-refractivity contribution is 5.68. The van der Waals surface area contributed by atoms with Crippen molar-refractivity contribution in [2.75, 3.05) is 19.8 Å². The van der Waals surface area contributed by atoms with Crippen LogP contribution in [0.3, 0.4) is 0 Å². The Kier molecular flexibility index (Phi) is 6.26. The van der Waals surface area contributed by atoms with Crippen LogP contribution < -0.4 is 0 Å². The van der Waals surface area contributed by atoms with Crippen LogP contribution in [0.15, 0.2) is 5.11 Å². The Morgan fingerprint density at radius 1 is 1.14 bits per heavy atom. The van der Waals surface area contributed by atoms with E-state index in [0.717, 1.165) is 4.70 Å². The summed E-state index contributed by atoms with van der Waals surface area (Å²) in [5.74, 6) is 0. The van der Waals surface area contributed by atoms with Crippen LogP contribution in [0.2, 0.25) is 0 Å². The van der Waals surface area contributed by atoms with Gasteiger partial charge >= 0.3 is 12.2 Å². The molecule has 14 heavy (non-hydrogen) atoms. The molecule has 0 aromatic heterocycles. The van der Waals surface area contributed by atoms with Crippen LogP contribution in [-0.4, -0.2) is 36.6 Å². The maximum absolute atomic E-state index is 11.1. The van der Waals surface area contributed by atoms with Crippen molar-refractivity contribution in [2.24, 2.45) is 5.11 Å². The molecule has 80 valence electrons. The molecule has 0 bridgehead atoms. The maximum atomic E-state index is 11.1. The minimum atomic E-state index is -0.789. The summed E-state index contributed by atoms with van der Waals surface area (Å²) in [4.78, 5) is 22.0. The monoisotopic (exact) mass is 203 g/mol. The summed E-state index contributed by atoms with van der Waals surface area (Å²) < 4.78 is 10.1.